The van der Waals surface area contributed by atoms with Gasteiger partial charge in [0, 0.05) is 37.9 Å². The van der Waals surface area contributed by atoms with Crippen LogP contribution in [0.25, 0.3) is 0 Å². The molecule has 0 aliphatic carbocycles. The number of alkyl halides is 3. The van der Waals surface area contributed by atoms with Crippen LogP contribution in [-0.2, 0) is 12.7 Å². The predicted octanol–water partition coefficient (Wildman–Crippen LogP) is 3.46. The van der Waals surface area contributed by atoms with Crippen LogP contribution in [0.5, 0.6) is 0 Å². The van der Waals surface area contributed by atoms with E-state index in [1.54, 1.807) is 0 Å². The number of rotatable bonds is 4. The maximum Gasteiger partial charge on any atom is 0.433 e. The number of anilines is 1. The lowest BCUT2D eigenvalue weighted by Crippen LogP contribution is -2.27. The summed E-state index contributed by atoms with van der Waals surface area (Å²) in [5.74, 6) is -1.36. The van der Waals surface area contributed by atoms with Crippen molar-refractivity contribution in [2.45, 2.75) is 25.2 Å². The average Bonchev–Trinajstić information content (AvgIpc) is 2.92. The van der Waals surface area contributed by atoms with Gasteiger partial charge in [0.25, 0.3) is 0 Å². The molecule has 1 aliphatic heterocycles. The lowest BCUT2D eigenvalue weighted by molar-refractivity contribution is -0.141. The standard InChI is InChI=1S/C16H15F5N4/c17-11-5-10(6-12(18)7-11)8-25-4-2-13(9-25)23-15-22-3-1-14(24-15)16(19,20)21/h1,3,5-7,13H,2,4,8-9H2,(H,22,23,24). The van der Waals surface area contributed by atoms with Crippen molar-refractivity contribution in [2.24, 2.45) is 0 Å². The molecule has 0 spiro atoms. The number of halogens is 5. The molecular weight excluding hydrogens is 343 g/mol. The molecular formula is C16H15F5N4. The molecule has 0 radical (unpaired) electrons. The number of nitrogens with one attached hydrogen (secondary N) is 1. The predicted molar refractivity (Wildman–Crippen MR) is 80.7 cm³/mol. The summed E-state index contributed by atoms with van der Waals surface area (Å²) in [6, 6.07) is 4.01. The highest BCUT2D eigenvalue weighted by Crippen LogP contribution is 2.28. The van der Waals surface area contributed by atoms with Crippen LogP contribution in [0, 0.1) is 11.6 Å². The molecule has 134 valence electrons. The quantitative estimate of drug-likeness (QED) is 0.850. The van der Waals surface area contributed by atoms with E-state index in [4.69, 9.17) is 0 Å². The molecule has 0 bridgehead atoms. The summed E-state index contributed by atoms with van der Waals surface area (Å²) in [6.07, 6.45) is -2.81. The summed E-state index contributed by atoms with van der Waals surface area (Å²) in [6.45, 7) is 1.52. The van der Waals surface area contributed by atoms with Gasteiger partial charge in [-0.3, -0.25) is 4.90 Å². The van der Waals surface area contributed by atoms with Crippen LogP contribution in [0.2, 0.25) is 0 Å². The lowest BCUT2D eigenvalue weighted by Gasteiger charge is -2.17. The van der Waals surface area contributed by atoms with Crippen LogP contribution >= 0.6 is 0 Å². The van der Waals surface area contributed by atoms with Crippen molar-refractivity contribution in [2.75, 3.05) is 18.4 Å². The largest absolute Gasteiger partial charge is 0.433 e. The van der Waals surface area contributed by atoms with Gasteiger partial charge in [0.1, 0.15) is 17.3 Å². The average molecular weight is 358 g/mol. The lowest BCUT2D eigenvalue weighted by atomic mass is 10.2. The third-order valence-corrected chi connectivity index (χ3v) is 3.88. The maximum atomic E-state index is 13.2. The fourth-order valence-electron chi connectivity index (χ4n) is 2.82. The molecule has 4 nitrogen and oxygen atoms in total. The van der Waals surface area contributed by atoms with Crippen molar-refractivity contribution in [1.29, 1.82) is 0 Å². The highest BCUT2D eigenvalue weighted by atomic mass is 19.4. The molecule has 25 heavy (non-hydrogen) atoms. The fourth-order valence-corrected chi connectivity index (χ4v) is 2.82. The first-order chi connectivity index (χ1) is 11.8. The van der Waals surface area contributed by atoms with Gasteiger partial charge in [0.15, 0.2) is 0 Å². The Morgan fingerprint density at radius 1 is 1.16 bits per heavy atom. The summed E-state index contributed by atoms with van der Waals surface area (Å²) in [5.41, 5.74) is -0.497. The Kier molecular flexibility index (Phi) is 4.85. The van der Waals surface area contributed by atoms with Gasteiger partial charge in [-0.2, -0.15) is 13.2 Å². The second-order valence-electron chi connectivity index (χ2n) is 5.91. The molecule has 1 aromatic carbocycles. The summed E-state index contributed by atoms with van der Waals surface area (Å²) < 4.78 is 64.4. The van der Waals surface area contributed by atoms with Crippen molar-refractivity contribution < 1.29 is 22.0 Å². The first-order valence-corrected chi connectivity index (χ1v) is 7.64. The van der Waals surface area contributed by atoms with Crippen LogP contribution in [0.3, 0.4) is 0 Å². The minimum atomic E-state index is -4.53. The maximum absolute atomic E-state index is 13.2. The Morgan fingerprint density at radius 3 is 2.56 bits per heavy atom. The van der Waals surface area contributed by atoms with E-state index in [0.717, 1.165) is 18.3 Å². The third kappa shape index (κ3) is 4.62. The molecule has 1 saturated heterocycles. The molecule has 9 heteroatoms. The Hall–Kier alpha value is -2.29. The topological polar surface area (TPSA) is 41.0 Å². The zero-order valence-corrected chi connectivity index (χ0v) is 13.0. The summed E-state index contributed by atoms with van der Waals surface area (Å²) in [7, 11) is 0. The van der Waals surface area contributed by atoms with E-state index >= 15 is 0 Å². The molecule has 2 aromatic rings. The van der Waals surface area contributed by atoms with Gasteiger partial charge in [-0.05, 0) is 30.2 Å². The number of likely N-dealkylation sites (tertiary alicyclic amines) is 1. The minimum absolute atomic E-state index is 0.0847. The van der Waals surface area contributed by atoms with E-state index in [1.807, 2.05) is 4.90 Å². The molecule has 1 aromatic heterocycles. The molecule has 1 fully saturated rings. The zero-order valence-electron chi connectivity index (χ0n) is 13.0. The number of benzene rings is 1. The first-order valence-electron chi connectivity index (χ1n) is 7.64. The van der Waals surface area contributed by atoms with Crippen molar-refractivity contribution in [1.82, 2.24) is 14.9 Å². The molecule has 1 unspecified atom stereocenters. The Morgan fingerprint density at radius 2 is 1.88 bits per heavy atom. The van der Waals surface area contributed by atoms with Crippen LogP contribution in [0.15, 0.2) is 30.5 Å². The van der Waals surface area contributed by atoms with Gasteiger partial charge in [0.2, 0.25) is 5.95 Å². The van der Waals surface area contributed by atoms with Crippen LogP contribution in [0.4, 0.5) is 27.9 Å². The highest BCUT2D eigenvalue weighted by molar-refractivity contribution is 5.28. The van der Waals surface area contributed by atoms with Crippen molar-refractivity contribution >= 4 is 5.95 Å². The number of aromatic nitrogens is 2. The first kappa shape index (κ1) is 17.5. The van der Waals surface area contributed by atoms with Gasteiger partial charge in [0.05, 0.1) is 0 Å². The van der Waals surface area contributed by atoms with Crippen molar-refractivity contribution in [3.63, 3.8) is 0 Å². The third-order valence-electron chi connectivity index (χ3n) is 3.88. The molecule has 1 aliphatic rings. The van der Waals surface area contributed by atoms with E-state index in [9.17, 15) is 22.0 Å². The SMILES string of the molecule is Fc1cc(F)cc(CN2CCC(Nc3nccc(C(F)(F)F)n3)C2)c1. The summed E-state index contributed by atoms with van der Waals surface area (Å²) in [4.78, 5) is 9.24. The number of hydrogen-bond acceptors (Lipinski definition) is 4. The zero-order chi connectivity index (χ0) is 18.0. The van der Waals surface area contributed by atoms with E-state index in [0.29, 0.717) is 31.6 Å². The van der Waals surface area contributed by atoms with Gasteiger partial charge in [-0.1, -0.05) is 0 Å². The molecule has 0 saturated carbocycles. The highest BCUT2D eigenvalue weighted by Gasteiger charge is 2.33. The fraction of sp³-hybridized carbons (Fsp3) is 0.375. The number of hydrogen-bond donors (Lipinski definition) is 1. The van der Waals surface area contributed by atoms with E-state index in [2.05, 4.69) is 15.3 Å². The van der Waals surface area contributed by atoms with Gasteiger partial charge >= 0.3 is 6.18 Å². The second-order valence-corrected chi connectivity index (χ2v) is 5.91. The molecule has 1 atom stereocenters. The monoisotopic (exact) mass is 358 g/mol. The normalized spacial score (nSPS) is 18.5. The van der Waals surface area contributed by atoms with E-state index < -0.39 is 23.5 Å². The van der Waals surface area contributed by atoms with Gasteiger partial charge in [-0.15, -0.1) is 0 Å². The Bertz CT molecular complexity index is 729. The Labute approximate surface area is 140 Å². The molecule has 1 N–H and O–H groups in total. The minimum Gasteiger partial charge on any atom is -0.350 e. The van der Waals surface area contributed by atoms with Crippen LogP contribution in [0.1, 0.15) is 17.7 Å². The van der Waals surface area contributed by atoms with Crippen molar-refractivity contribution in [3.8, 4) is 0 Å². The smallest absolute Gasteiger partial charge is 0.350 e. The van der Waals surface area contributed by atoms with E-state index in [-0.39, 0.29) is 12.0 Å². The molecule has 2 heterocycles. The van der Waals surface area contributed by atoms with E-state index in [1.165, 1.54) is 12.1 Å². The van der Waals surface area contributed by atoms with Gasteiger partial charge in [-0.25, -0.2) is 18.7 Å². The van der Waals surface area contributed by atoms with Crippen LogP contribution in [-0.4, -0.2) is 34.0 Å². The molecule has 0 amide bonds. The van der Waals surface area contributed by atoms with Crippen molar-refractivity contribution in [3.05, 3.63) is 53.4 Å². The van der Waals surface area contributed by atoms with Gasteiger partial charge < -0.3 is 5.32 Å². The summed E-state index contributed by atoms with van der Waals surface area (Å²) >= 11 is 0. The Balaban J connectivity index is 1.60. The number of nitrogens with zero attached hydrogens (tertiary/aromatic N) is 3. The van der Waals surface area contributed by atoms with Crippen LogP contribution < -0.4 is 5.32 Å². The second kappa shape index (κ2) is 6.91. The molecule has 3 rings (SSSR count). The summed E-state index contributed by atoms with van der Waals surface area (Å²) in [5, 5.41) is 2.88.